The van der Waals surface area contributed by atoms with E-state index in [1.807, 2.05) is 0 Å². The van der Waals surface area contributed by atoms with Crippen LogP contribution < -0.4 is 4.74 Å². The Morgan fingerprint density at radius 1 is 1.23 bits per heavy atom. The highest BCUT2D eigenvalue weighted by molar-refractivity contribution is 6.37. The van der Waals surface area contributed by atoms with Crippen LogP contribution in [0, 0.1) is 10.1 Å². The van der Waals surface area contributed by atoms with E-state index >= 15 is 0 Å². The van der Waals surface area contributed by atoms with Crippen molar-refractivity contribution in [2.24, 2.45) is 0 Å². The second-order valence-electron chi connectivity index (χ2n) is 4.40. The molecule has 8 heteroatoms. The summed E-state index contributed by atoms with van der Waals surface area (Å²) >= 11 is 12.2. The van der Waals surface area contributed by atoms with Crippen molar-refractivity contribution in [3.63, 3.8) is 0 Å². The quantitative estimate of drug-likeness (QED) is 0.510. The summed E-state index contributed by atoms with van der Waals surface area (Å²) in [5.41, 5.74) is 1.31. The van der Waals surface area contributed by atoms with E-state index in [2.05, 4.69) is 4.98 Å². The van der Waals surface area contributed by atoms with Crippen LogP contribution in [0.4, 0.5) is 5.69 Å². The topological polar surface area (TPSA) is 78.4 Å². The number of hydrogen-bond acceptors (Lipinski definition) is 5. The zero-order valence-corrected chi connectivity index (χ0v) is 12.7. The first kappa shape index (κ1) is 14.6. The number of nitro benzene ring substituents is 1. The number of halogens is 2. The molecule has 3 aromatic rings. The van der Waals surface area contributed by atoms with Gasteiger partial charge in [0.15, 0.2) is 11.3 Å². The Morgan fingerprint density at radius 2 is 1.91 bits per heavy atom. The first-order valence-electron chi connectivity index (χ1n) is 6.08. The number of benzene rings is 2. The number of aromatic nitrogens is 1. The van der Waals surface area contributed by atoms with E-state index in [0.29, 0.717) is 32.5 Å². The van der Waals surface area contributed by atoms with Crippen LogP contribution in [-0.4, -0.2) is 17.0 Å². The molecule has 0 unspecified atom stereocenters. The average Bonchev–Trinajstić information content (AvgIpc) is 2.89. The molecule has 0 aliphatic rings. The summed E-state index contributed by atoms with van der Waals surface area (Å²) in [4.78, 5) is 14.5. The minimum atomic E-state index is -0.491. The molecule has 0 N–H and O–H groups in total. The lowest BCUT2D eigenvalue weighted by Gasteiger charge is -2.06. The van der Waals surface area contributed by atoms with E-state index in [-0.39, 0.29) is 11.6 Å². The second-order valence-corrected chi connectivity index (χ2v) is 5.22. The number of fused-ring (bicyclic) bond motifs is 1. The highest BCUT2D eigenvalue weighted by atomic mass is 35.5. The number of non-ortho nitro benzene ring substituents is 1. The zero-order valence-electron chi connectivity index (χ0n) is 11.2. The van der Waals surface area contributed by atoms with Gasteiger partial charge in [0, 0.05) is 17.7 Å². The molecule has 1 aromatic heterocycles. The molecule has 112 valence electrons. The fraction of sp³-hybridized carbons (Fsp3) is 0.0714. The number of hydrogen-bond donors (Lipinski definition) is 0. The molecule has 6 nitrogen and oxygen atoms in total. The Bertz CT molecular complexity index is 869. The van der Waals surface area contributed by atoms with Crippen molar-refractivity contribution in [2.45, 2.75) is 0 Å². The lowest BCUT2D eigenvalue weighted by Crippen LogP contribution is -1.87. The van der Waals surface area contributed by atoms with Crippen LogP contribution in [0.1, 0.15) is 0 Å². The Balaban J connectivity index is 2.12. The van der Waals surface area contributed by atoms with Crippen LogP contribution in [0.5, 0.6) is 5.75 Å². The summed E-state index contributed by atoms with van der Waals surface area (Å²) in [5, 5.41) is 11.4. The highest BCUT2D eigenvalue weighted by Crippen LogP contribution is 2.37. The second kappa shape index (κ2) is 5.47. The Hall–Kier alpha value is -2.31. The molecule has 0 fully saturated rings. The van der Waals surface area contributed by atoms with E-state index in [0.717, 1.165) is 0 Å². The molecule has 0 spiro atoms. The molecular formula is C14H8Cl2N2O4. The van der Waals surface area contributed by atoms with E-state index < -0.39 is 4.92 Å². The van der Waals surface area contributed by atoms with Gasteiger partial charge in [-0.15, -0.1) is 0 Å². The van der Waals surface area contributed by atoms with Gasteiger partial charge < -0.3 is 9.15 Å². The van der Waals surface area contributed by atoms with Crippen LogP contribution in [-0.2, 0) is 0 Å². The van der Waals surface area contributed by atoms with E-state index in [4.69, 9.17) is 32.4 Å². The van der Waals surface area contributed by atoms with Gasteiger partial charge in [0.1, 0.15) is 5.52 Å². The number of nitro groups is 1. The fourth-order valence-corrected chi connectivity index (χ4v) is 2.67. The van der Waals surface area contributed by atoms with Crippen molar-refractivity contribution < 1.29 is 14.1 Å². The summed E-state index contributed by atoms with van der Waals surface area (Å²) in [6.45, 7) is 0. The smallest absolute Gasteiger partial charge is 0.271 e. The molecule has 0 saturated carbocycles. The van der Waals surface area contributed by atoms with Crippen molar-refractivity contribution in [3.8, 4) is 17.2 Å². The zero-order chi connectivity index (χ0) is 15.9. The SMILES string of the molecule is COc1c(Cl)cc(-c2nc3cc([N+](=O)[O-])ccc3o2)cc1Cl. The Labute approximate surface area is 134 Å². The largest absolute Gasteiger partial charge is 0.494 e. The number of methoxy groups -OCH3 is 1. The van der Waals surface area contributed by atoms with Gasteiger partial charge in [-0.05, 0) is 18.2 Å². The first-order valence-corrected chi connectivity index (χ1v) is 6.83. The van der Waals surface area contributed by atoms with Gasteiger partial charge >= 0.3 is 0 Å². The number of ether oxygens (including phenoxy) is 1. The molecule has 22 heavy (non-hydrogen) atoms. The molecule has 0 atom stereocenters. The molecule has 0 amide bonds. The standard InChI is InChI=1S/C14H8Cl2N2O4/c1-21-13-9(15)4-7(5-10(13)16)14-17-11-6-8(18(19)20)2-3-12(11)22-14/h2-6H,1H3. The molecule has 0 saturated heterocycles. The van der Waals surface area contributed by atoms with Crippen LogP contribution in [0.25, 0.3) is 22.6 Å². The van der Waals surface area contributed by atoms with Crippen LogP contribution >= 0.6 is 23.2 Å². The average molecular weight is 339 g/mol. The molecule has 0 aliphatic heterocycles. The van der Waals surface area contributed by atoms with Crippen LogP contribution in [0.2, 0.25) is 10.0 Å². The van der Waals surface area contributed by atoms with E-state index in [1.165, 1.54) is 25.3 Å². The lowest BCUT2D eigenvalue weighted by atomic mass is 10.2. The summed E-state index contributed by atoms with van der Waals surface area (Å²) in [6, 6.07) is 7.40. The van der Waals surface area contributed by atoms with Crippen LogP contribution in [0.3, 0.4) is 0 Å². The van der Waals surface area contributed by atoms with E-state index in [1.54, 1.807) is 12.1 Å². The third-order valence-corrected chi connectivity index (χ3v) is 3.59. The van der Waals surface area contributed by atoms with Gasteiger partial charge in [-0.2, -0.15) is 0 Å². The predicted octanol–water partition coefficient (Wildman–Crippen LogP) is 4.72. The molecule has 2 aromatic carbocycles. The van der Waals surface area contributed by atoms with Gasteiger partial charge in [-0.25, -0.2) is 4.98 Å². The predicted molar refractivity (Wildman–Crippen MR) is 82.7 cm³/mol. The molecule has 0 bridgehead atoms. The van der Waals surface area contributed by atoms with Gasteiger partial charge in [-0.1, -0.05) is 23.2 Å². The van der Waals surface area contributed by atoms with Crippen molar-refractivity contribution in [1.29, 1.82) is 0 Å². The maximum absolute atomic E-state index is 10.8. The third-order valence-electron chi connectivity index (χ3n) is 3.03. The molecular weight excluding hydrogens is 331 g/mol. The van der Waals surface area contributed by atoms with Crippen LogP contribution in [0.15, 0.2) is 34.7 Å². The van der Waals surface area contributed by atoms with Crippen molar-refractivity contribution in [1.82, 2.24) is 4.98 Å². The van der Waals surface area contributed by atoms with Gasteiger partial charge in [0.2, 0.25) is 5.89 Å². The van der Waals surface area contributed by atoms with Gasteiger partial charge in [-0.3, -0.25) is 10.1 Å². The summed E-state index contributed by atoms with van der Waals surface area (Å²) < 4.78 is 10.7. The Morgan fingerprint density at radius 3 is 2.50 bits per heavy atom. The number of nitrogens with zero attached hydrogens (tertiary/aromatic N) is 2. The summed E-state index contributed by atoms with van der Waals surface area (Å²) in [7, 11) is 1.46. The van der Waals surface area contributed by atoms with Gasteiger partial charge in [0.05, 0.1) is 22.1 Å². The normalized spacial score (nSPS) is 10.9. The highest BCUT2D eigenvalue weighted by Gasteiger charge is 2.16. The molecule has 3 rings (SSSR count). The number of oxazole rings is 1. The fourth-order valence-electron chi connectivity index (χ4n) is 2.03. The number of rotatable bonds is 3. The third kappa shape index (κ3) is 2.47. The van der Waals surface area contributed by atoms with Crippen molar-refractivity contribution in [3.05, 3.63) is 50.5 Å². The van der Waals surface area contributed by atoms with Crippen molar-refractivity contribution in [2.75, 3.05) is 7.11 Å². The molecule has 1 heterocycles. The minimum absolute atomic E-state index is 0.0573. The maximum atomic E-state index is 10.8. The summed E-state index contributed by atoms with van der Waals surface area (Å²) in [5.74, 6) is 0.626. The van der Waals surface area contributed by atoms with Gasteiger partial charge in [0.25, 0.3) is 5.69 Å². The van der Waals surface area contributed by atoms with E-state index in [9.17, 15) is 10.1 Å². The van der Waals surface area contributed by atoms with Crippen molar-refractivity contribution >= 4 is 40.0 Å². The lowest BCUT2D eigenvalue weighted by molar-refractivity contribution is -0.384. The summed E-state index contributed by atoms with van der Waals surface area (Å²) in [6.07, 6.45) is 0. The first-order chi connectivity index (χ1) is 10.5. The Kier molecular flexibility index (Phi) is 3.64. The molecule has 0 radical (unpaired) electrons. The molecule has 0 aliphatic carbocycles. The monoisotopic (exact) mass is 338 g/mol. The minimum Gasteiger partial charge on any atom is -0.494 e. The maximum Gasteiger partial charge on any atom is 0.271 e.